The van der Waals surface area contributed by atoms with Crippen LogP contribution < -0.4 is 10.2 Å². The second kappa shape index (κ2) is 7.23. The number of nitrogens with one attached hydrogen (secondary N) is 1. The number of alkyl halides is 3. The predicted octanol–water partition coefficient (Wildman–Crippen LogP) is 2.92. The molecule has 0 spiro atoms. The Morgan fingerprint density at radius 1 is 1.28 bits per heavy atom. The summed E-state index contributed by atoms with van der Waals surface area (Å²) in [6, 6.07) is 3.20. The van der Waals surface area contributed by atoms with Crippen molar-refractivity contribution in [3.05, 3.63) is 23.8 Å². The first-order valence-corrected chi connectivity index (χ1v) is 9.87. The molecule has 1 aliphatic heterocycles. The Kier molecular flexibility index (Phi) is 5.65. The van der Waals surface area contributed by atoms with Crippen LogP contribution >= 0.6 is 0 Å². The van der Waals surface area contributed by atoms with Gasteiger partial charge in [0.05, 0.1) is 34.4 Å². The second-order valence-electron chi connectivity index (χ2n) is 5.99. The summed E-state index contributed by atoms with van der Waals surface area (Å²) < 4.78 is 62.0. The average molecular weight is 378 g/mol. The SMILES string of the molecule is CCN(CC)c1ccc(C(F)(F)F)cc1NC(=O)[C@H]1CCS(=O)(=O)C1. The quantitative estimate of drug-likeness (QED) is 0.856. The van der Waals surface area contributed by atoms with E-state index in [1.807, 2.05) is 18.7 Å². The molecule has 1 heterocycles. The molecule has 1 aromatic rings. The molecule has 2 rings (SSSR count). The largest absolute Gasteiger partial charge is 0.416 e. The maximum atomic E-state index is 13.0. The summed E-state index contributed by atoms with van der Waals surface area (Å²) in [6.07, 6.45) is -4.34. The predicted molar refractivity (Wildman–Crippen MR) is 90.4 cm³/mol. The lowest BCUT2D eigenvalue weighted by atomic mass is 10.1. The fourth-order valence-electron chi connectivity index (χ4n) is 2.89. The van der Waals surface area contributed by atoms with Crippen LogP contribution in [0.2, 0.25) is 0 Å². The zero-order valence-corrected chi connectivity index (χ0v) is 14.9. The van der Waals surface area contributed by atoms with Crippen molar-refractivity contribution in [3.8, 4) is 0 Å². The third kappa shape index (κ3) is 4.65. The Morgan fingerprint density at radius 2 is 1.92 bits per heavy atom. The van der Waals surface area contributed by atoms with Crippen LogP contribution in [0.25, 0.3) is 0 Å². The fraction of sp³-hybridized carbons (Fsp3) is 0.562. The van der Waals surface area contributed by atoms with Gasteiger partial charge in [0, 0.05) is 13.1 Å². The van der Waals surface area contributed by atoms with E-state index >= 15 is 0 Å². The molecule has 0 aliphatic carbocycles. The van der Waals surface area contributed by atoms with E-state index in [1.54, 1.807) is 0 Å². The van der Waals surface area contributed by atoms with E-state index in [0.717, 1.165) is 12.1 Å². The average Bonchev–Trinajstić information content (AvgIpc) is 2.89. The Hall–Kier alpha value is -1.77. The van der Waals surface area contributed by atoms with Gasteiger partial charge in [-0.15, -0.1) is 0 Å². The minimum atomic E-state index is -4.53. The number of benzene rings is 1. The van der Waals surface area contributed by atoms with Gasteiger partial charge in [-0.2, -0.15) is 13.2 Å². The van der Waals surface area contributed by atoms with Crippen molar-refractivity contribution < 1.29 is 26.4 Å². The zero-order chi connectivity index (χ0) is 18.8. The monoisotopic (exact) mass is 378 g/mol. The van der Waals surface area contributed by atoms with Crippen LogP contribution in [-0.4, -0.2) is 38.9 Å². The first kappa shape index (κ1) is 19.6. The molecule has 9 heteroatoms. The third-order valence-electron chi connectivity index (χ3n) is 4.29. The molecule has 1 aromatic carbocycles. The maximum Gasteiger partial charge on any atom is 0.416 e. The molecule has 1 amide bonds. The number of sulfone groups is 1. The first-order valence-electron chi connectivity index (χ1n) is 8.05. The van der Waals surface area contributed by atoms with Gasteiger partial charge < -0.3 is 10.2 Å². The van der Waals surface area contributed by atoms with Gasteiger partial charge in [0.15, 0.2) is 9.84 Å². The van der Waals surface area contributed by atoms with Crippen LogP contribution in [-0.2, 0) is 20.8 Å². The van der Waals surface area contributed by atoms with Gasteiger partial charge in [-0.25, -0.2) is 8.42 Å². The van der Waals surface area contributed by atoms with E-state index in [2.05, 4.69) is 5.32 Å². The van der Waals surface area contributed by atoms with Gasteiger partial charge >= 0.3 is 6.18 Å². The van der Waals surface area contributed by atoms with E-state index in [9.17, 15) is 26.4 Å². The molecule has 1 atom stereocenters. The second-order valence-corrected chi connectivity index (χ2v) is 8.22. The molecule has 1 fully saturated rings. The van der Waals surface area contributed by atoms with E-state index in [4.69, 9.17) is 0 Å². The summed E-state index contributed by atoms with van der Waals surface area (Å²) in [4.78, 5) is 14.2. The molecular formula is C16H21F3N2O3S. The molecule has 0 bridgehead atoms. The molecule has 1 saturated heterocycles. The highest BCUT2D eigenvalue weighted by molar-refractivity contribution is 7.91. The van der Waals surface area contributed by atoms with E-state index < -0.39 is 33.4 Å². The van der Waals surface area contributed by atoms with Crippen molar-refractivity contribution >= 4 is 27.1 Å². The van der Waals surface area contributed by atoms with Gasteiger partial charge in [0.1, 0.15) is 0 Å². The number of nitrogens with zero attached hydrogens (tertiary/aromatic N) is 1. The summed E-state index contributed by atoms with van der Waals surface area (Å²) in [5.41, 5.74) is -0.335. The highest BCUT2D eigenvalue weighted by atomic mass is 32.2. The Labute approximate surface area is 145 Å². The highest BCUT2D eigenvalue weighted by Crippen LogP contribution is 2.36. The Balaban J connectivity index is 2.34. The van der Waals surface area contributed by atoms with E-state index in [0.29, 0.717) is 18.8 Å². The number of halogens is 3. The van der Waals surface area contributed by atoms with Crippen LogP contribution in [0.1, 0.15) is 25.8 Å². The molecule has 25 heavy (non-hydrogen) atoms. The number of carbonyl (C=O) groups excluding carboxylic acids is 1. The molecule has 1 aliphatic rings. The van der Waals surface area contributed by atoms with Crippen molar-refractivity contribution in [1.82, 2.24) is 0 Å². The van der Waals surface area contributed by atoms with E-state index in [1.165, 1.54) is 6.07 Å². The van der Waals surface area contributed by atoms with Gasteiger partial charge in [0.25, 0.3) is 0 Å². The minimum absolute atomic E-state index is 0.0489. The van der Waals surface area contributed by atoms with E-state index in [-0.39, 0.29) is 23.6 Å². The highest BCUT2D eigenvalue weighted by Gasteiger charge is 2.35. The number of carbonyl (C=O) groups is 1. The van der Waals surface area contributed by atoms with Crippen LogP contribution in [0.3, 0.4) is 0 Å². The van der Waals surface area contributed by atoms with Crippen molar-refractivity contribution in [3.63, 3.8) is 0 Å². The van der Waals surface area contributed by atoms with Gasteiger partial charge in [-0.3, -0.25) is 4.79 Å². The van der Waals surface area contributed by atoms with Crippen LogP contribution in [0.15, 0.2) is 18.2 Å². The standard InChI is InChI=1S/C16H21F3N2O3S/c1-3-21(4-2)14-6-5-12(16(17,18)19)9-13(14)20-15(22)11-7-8-25(23,24)10-11/h5-6,9,11H,3-4,7-8,10H2,1-2H3,(H,20,22)/t11-/m0/s1. The smallest absolute Gasteiger partial charge is 0.370 e. The molecule has 140 valence electrons. The van der Waals surface area contributed by atoms with Crippen LogP contribution in [0.4, 0.5) is 24.5 Å². The Morgan fingerprint density at radius 3 is 2.40 bits per heavy atom. The third-order valence-corrected chi connectivity index (χ3v) is 6.06. The van der Waals surface area contributed by atoms with Crippen molar-refractivity contribution in [1.29, 1.82) is 0 Å². The molecule has 0 radical (unpaired) electrons. The lowest BCUT2D eigenvalue weighted by Crippen LogP contribution is -2.27. The van der Waals surface area contributed by atoms with Gasteiger partial charge in [-0.05, 0) is 38.5 Å². The van der Waals surface area contributed by atoms with Crippen molar-refractivity contribution in [2.75, 3.05) is 34.8 Å². The summed E-state index contributed by atoms with van der Waals surface area (Å²) in [5, 5.41) is 2.51. The molecule has 1 N–H and O–H groups in total. The van der Waals surface area contributed by atoms with Crippen molar-refractivity contribution in [2.24, 2.45) is 5.92 Å². The van der Waals surface area contributed by atoms with Gasteiger partial charge in [0.2, 0.25) is 5.91 Å². The molecule has 0 unspecified atom stereocenters. The Bertz CT molecular complexity index is 743. The molecule has 5 nitrogen and oxygen atoms in total. The topological polar surface area (TPSA) is 66.5 Å². The zero-order valence-electron chi connectivity index (χ0n) is 14.1. The number of anilines is 2. The van der Waals surface area contributed by atoms with Crippen LogP contribution in [0.5, 0.6) is 0 Å². The lowest BCUT2D eigenvalue weighted by molar-refractivity contribution is -0.137. The minimum Gasteiger partial charge on any atom is -0.370 e. The number of hydrogen-bond donors (Lipinski definition) is 1. The number of amides is 1. The molecular weight excluding hydrogens is 357 g/mol. The van der Waals surface area contributed by atoms with Crippen LogP contribution in [0, 0.1) is 5.92 Å². The first-order chi connectivity index (χ1) is 11.6. The van der Waals surface area contributed by atoms with Crippen molar-refractivity contribution in [2.45, 2.75) is 26.4 Å². The summed E-state index contributed by atoms with van der Waals surface area (Å²) in [5.74, 6) is -1.63. The number of rotatable bonds is 5. The number of hydrogen-bond acceptors (Lipinski definition) is 4. The summed E-state index contributed by atoms with van der Waals surface area (Å²) >= 11 is 0. The maximum absolute atomic E-state index is 13.0. The van der Waals surface area contributed by atoms with Gasteiger partial charge in [-0.1, -0.05) is 0 Å². The summed E-state index contributed by atoms with van der Waals surface area (Å²) in [6.45, 7) is 4.83. The molecule has 0 aromatic heterocycles. The fourth-order valence-corrected chi connectivity index (χ4v) is 4.63. The summed E-state index contributed by atoms with van der Waals surface area (Å²) in [7, 11) is -3.25. The molecule has 0 saturated carbocycles. The lowest BCUT2D eigenvalue weighted by Gasteiger charge is -2.25. The normalized spacial score (nSPS) is 19.6.